The van der Waals surface area contributed by atoms with Gasteiger partial charge in [0.15, 0.2) is 6.10 Å². The van der Waals surface area contributed by atoms with Gasteiger partial charge in [-0.05, 0) is 78.4 Å². The number of carbonyl (C=O) groups excluding carboxylic acids is 2. The topological polar surface area (TPSA) is 58.6 Å². The van der Waals surface area contributed by atoms with Crippen LogP contribution in [-0.4, -0.2) is 29.4 Å². The van der Waals surface area contributed by atoms with Crippen molar-refractivity contribution < 1.29 is 18.7 Å². The Morgan fingerprint density at radius 1 is 1.08 bits per heavy atom. The Bertz CT molecular complexity index is 1300. The zero-order valence-corrected chi connectivity index (χ0v) is 22.2. The molecule has 194 valence electrons. The predicted octanol–water partition coefficient (Wildman–Crippen LogP) is 6.45. The second-order valence-corrected chi connectivity index (χ2v) is 10.7. The highest BCUT2D eigenvalue weighted by Gasteiger charge is 2.37. The van der Waals surface area contributed by atoms with Gasteiger partial charge in [0.2, 0.25) is 5.91 Å². The summed E-state index contributed by atoms with van der Waals surface area (Å²) in [7, 11) is 0. The van der Waals surface area contributed by atoms with Crippen molar-refractivity contribution in [2.24, 2.45) is 5.41 Å². The number of nitrogens with zero attached hydrogens (tertiary/aromatic N) is 1. The third-order valence-electron chi connectivity index (χ3n) is 6.64. The molecule has 0 saturated heterocycles. The standard InChI is InChI=1S/C31H35FN2O3/c1-6-27(29(35)33-24-12-7-9-20(2)17-24)37-25-14-13-21-15-16-34(30(36)31(3,4)5)28(26(21)19-25)22-10-8-11-23(32)18-22/h7-14,17-19,27-28H,6,15-16H2,1-5H3,(H,33,35). The number of nitrogens with one attached hydrogen (secondary N) is 1. The number of ether oxygens (including phenoxy) is 1. The first-order valence-electron chi connectivity index (χ1n) is 12.8. The van der Waals surface area contributed by atoms with Crippen molar-refractivity contribution in [1.29, 1.82) is 0 Å². The van der Waals surface area contributed by atoms with Crippen LogP contribution < -0.4 is 10.1 Å². The first kappa shape index (κ1) is 26.4. The van der Waals surface area contributed by atoms with Crippen molar-refractivity contribution in [2.45, 2.75) is 59.6 Å². The summed E-state index contributed by atoms with van der Waals surface area (Å²) in [6.45, 7) is 10.1. The fraction of sp³-hybridized carbons (Fsp3) is 0.355. The summed E-state index contributed by atoms with van der Waals surface area (Å²) in [5.74, 6) is -0.0322. The summed E-state index contributed by atoms with van der Waals surface area (Å²) >= 11 is 0. The molecule has 1 N–H and O–H groups in total. The monoisotopic (exact) mass is 502 g/mol. The average Bonchev–Trinajstić information content (AvgIpc) is 2.85. The largest absolute Gasteiger partial charge is 0.481 e. The minimum absolute atomic E-state index is 0.00250. The van der Waals surface area contributed by atoms with Crippen LogP contribution >= 0.6 is 0 Å². The molecule has 0 radical (unpaired) electrons. The molecule has 3 aromatic rings. The molecule has 5 nitrogen and oxygen atoms in total. The number of hydrogen-bond donors (Lipinski definition) is 1. The molecule has 1 aliphatic rings. The van der Waals surface area contributed by atoms with Gasteiger partial charge < -0.3 is 15.0 Å². The number of halogens is 1. The molecule has 2 unspecified atom stereocenters. The van der Waals surface area contributed by atoms with Crippen LogP contribution in [0.5, 0.6) is 5.75 Å². The summed E-state index contributed by atoms with van der Waals surface area (Å²) in [4.78, 5) is 28.3. The van der Waals surface area contributed by atoms with Gasteiger partial charge in [-0.25, -0.2) is 4.39 Å². The van der Waals surface area contributed by atoms with E-state index in [9.17, 15) is 14.0 Å². The lowest BCUT2D eigenvalue weighted by Gasteiger charge is -2.41. The maximum absolute atomic E-state index is 14.3. The molecule has 0 bridgehead atoms. The van der Waals surface area contributed by atoms with Gasteiger partial charge >= 0.3 is 0 Å². The van der Waals surface area contributed by atoms with Crippen LogP contribution in [0.25, 0.3) is 0 Å². The summed E-state index contributed by atoms with van der Waals surface area (Å²) < 4.78 is 20.5. The lowest BCUT2D eigenvalue weighted by Crippen LogP contribution is -2.45. The molecular weight excluding hydrogens is 467 g/mol. The fourth-order valence-electron chi connectivity index (χ4n) is 4.78. The van der Waals surface area contributed by atoms with E-state index in [1.807, 2.05) is 88.0 Å². The number of hydrogen-bond acceptors (Lipinski definition) is 3. The van der Waals surface area contributed by atoms with Crippen LogP contribution in [0.4, 0.5) is 10.1 Å². The molecule has 0 aliphatic carbocycles. The number of amides is 2. The van der Waals surface area contributed by atoms with Gasteiger partial charge in [0, 0.05) is 17.6 Å². The first-order chi connectivity index (χ1) is 17.6. The zero-order valence-electron chi connectivity index (χ0n) is 22.2. The number of rotatable bonds is 6. The number of anilines is 1. The Balaban J connectivity index is 1.66. The summed E-state index contributed by atoms with van der Waals surface area (Å²) in [6, 6.07) is 19.3. The van der Waals surface area contributed by atoms with Crippen LogP contribution in [0.1, 0.15) is 62.4 Å². The van der Waals surface area contributed by atoms with Crippen LogP contribution in [0, 0.1) is 18.2 Å². The first-order valence-corrected chi connectivity index (χ1v) is 12.8. The van der Waals surface area contributed by atoms with Gasteiger partial charge in [-0.2, -0.15) is 0 Å². The Morgan fingerprint density at radius 2 is 1.84 bits per heavy atom. The molecule has 4 rings (SSSR count). The van der Waals surface area contributed by atoms with Crippen LogP contribution in [0.2, 0.25) is 0 Å². The quantitative estimate of drug-likeness (QED) is 0.421. The van der Waals surface area contributed by atoms with Crippen molar-refractivity contribution in [3.63, 3.8) is 0 Å². The Kier molecular flexibility index (Phi) is 7.67. The molecule has 1 heterocycles. The summed E-state index contributed by atoms with van der Waals surface area (Å²) in [5.41, 5.74) is 3.87. The molecule has 1 aliphatic heterocycles. The number of benzene rings is 3. The van der Waals surface area contributed by atoms with E-state index in [0.717, 1.165) is 22.4 Å². The Labute approximate surface area is 218 Å². The number of aryl methyl sites for hydroxylation is 1. The summed E-state index contributed by atoms with van der Waals surface area (Å²) in [6.07, 6.45) is 0.479. The van der Waals surface area contributed by atoms with E-state index in [2.05, 4.69) is 5.32 Å². The zero-order chi connectivity index (χ0) is 26.7. The molecule has 0 saturated carbocycles. The average molecular weight is 503 g/mol. The van der Waals surface area contributed by atoms with Crippen LogP contribution in [0.3, 0.4) is 0 Å². The van der Waals surface area contributed by atoms with E-state index >= 15 is 0 Å². The predicted molar refractivity (Wildman–Crippen MR) is 144 cm³/mol. The van der Waals surface area contributed by atoms with Gasteiger partial charge in [0.1, 0.15) is 11.6 Å². The molecular formula is C31H35FN2O3. The van der Waals surface area contributed by atoms with E-state index in [1.54, 1.807) is 6.07 Å². The molecule has 2 atom stereocenters. The SMILES string of the molecule is CCC(Oc1ccc2c(c1)C(c1cccc(F)c1)N(C(=O)C(C)(C)C)CC2)C(=O)Nc1cccc(C)c1. The Hall–Kier alpha value is -3.67. The number of carbonyl (C=O) groups is 2. The lowest BCUT2D eigenvalue weighted by molar-refractivity contribution is -0.141. The van der Waals surface area contributed by atoms with E-state index < -0.39 is 17.6 Å². The van der Waals surface area contributed by atoms with Crippen molar-refractivity contribution in [2.75, 3.05) is 11.9 Å². The summed E-state index contributed by atoms with van der Waals surface area (Å²) in [5, 5.41) is 2.94. The van der Waals surface area contributed by atoms with Crippen molar-refractivity contribution in [1.82, 2.24) is 4.90 Å². The molecule has 0 aromatic heterocycles. The highest BCUT2D eigenvalue weighted by molar-refractivity contribution is 5.94. The lowest BCUT2D eigenvalue weighted by atomic mass is 9.85. The van der Waals surface area contributed by atoms with Crippen molar-refractivity contribution in [3.8, 4) is 5.75 Å². The molecule has 0 fully saturated rings. The molecule has 37 heavy (non-hydrogen) atoms. The highest BCUT2D eigenvalue weighted by atomic mass is 19.1. The third-order valence-corrected chi connectivity index (χ3v) is 6.64. The second-order valence-electron chi connectivity index (χ2n) is 10.7. The third kappa shape index (κ3) is 6.01. The number of fused-ring (bicyclic) bond motifs is 1. The minimum Gasteiger partial charge on any atom is -0.481 e. The molecule has 6 heteroatoms. The molecule has 2 amide bonds. The van der Waals surface area contributed by atoms with E-state index in [1.165, 1.54) is 12.1 Å². The van der Waals surface area contributed by atoms with Gasteiger partial charge in [-0.1, -0.05) is 58.0 Å². The van der Waals surface area contributed by atoms with Gasteiger partial charge in [-0.15, -0.1) is 0 Å². The maximum Gasteiger partial charge on any atom is 0.265 e. The highest BCUT2D eigenvalue weighted by Crippen LogP contribution is 2.39. The Morgan fingerprint density at radius 3 is 2.51 bits per heavy atom. The fourth-order valence-corrected chi connectivity index (χ4v) is 4.78. The van der Waals surface area contributed by atoms with Crippen molar-refractivity contribution in [3.05, 3.63) is 94.8 Å². The van der Waals surface area contributed by atoms with Crippen LogP contribution in [-0.2, 0) is 16.0 Å². The van der Waals surface area contributed by atoms with Gasteiger partial charge in [-0.3, -0.25) is 9.59 Å². The molecule has 0 spiro atoms. The van der Waals surface area contributed by atoms with Gasteiger partial charge in [0.05, 0.1) is 6.04 Å². The van der Waals surface area contributed by atoms with E-state index in [-0.39, 0.29) is 17.6 Å². The van der Waals surface area contributed by atoms with Crippen LogP contribution in [0.15, 0.2) is 66.7 Å². The van der Waals surface area contributed by atoms with E-state index in [4.69, 9.17) is 4.74 Å². The van der Waals surface area contributed by atoms with Crippen molar-refractivity contribution >= 4 is 17.5 Å². The maximum atomic E-state index is 14.3. The smallest absolute Gasteiger partial charge is 0.265 e. The minimum atomic E-state index is -0.693. The van der Waals surface area contributed by atoms with E-state index in [0.29, 0.717) is 30.7 Å². The molecule has 3 aromatic carbocycles. The normalized spacial score (nSPS) is 16.1. The van der Waals surface area contributed by atoms with Gasteiger partial charge in [0.25, 0.3) is 5.91 Å². The second kappa shape index (κ2) is 10.8.